The maximum absolute atomic E-state index is 5.48. The number of nitrogens with two attached hydrogens (primary N) is 1. The van der Waals surface area contributed by atoms with Crippen LogP contribution in [-0.4, -0.2) is 16.5 Å². The molecule has 0 aliphatic carbocycles. The summed E-state index contributed by atoms with van der Waals surface area (Å²) in [5.74, 6) is 0. The summed E-state index contributed by atoms with van der Waals surface area (Å²) in [7, 11) is 0. The van der Waals surface area contributed by atoms with Crippen LogP contribution in [0.25, 0.3) is 11.0 Å². The minimum atomic E-state index is 0.719. The zero-order valence-corrected chi connectivity index (χ0v) is 7.98. The highest BCUT2D eigenvalue weighted by molar-refractivity contribution is 5.77. The zero-order valence-electron chi connectivity index (χ0n) is 7.98. The average Bonchev–Trinajstić information content (AvgIpc) is 2.26. The van der Waals surface area contributed by atoms with E-state index in [0.29, 0.717) is 0 Å². The van der Waals surface area contributed by atoms with Gasteiger partial charge in [-0.25, -0.2) is 0 Å². The quantitative estimate of drug-likeness (QED) is 0.792. The molecule has 0 radical (unpaired) electrons. The van der Waals surface area contributed by atoms with Crippen molar-refractivity contribution in [2.45, 2.75) is 12.8 Å². The molecule has 0 saturated carbocycles. The van der Waals surface area contributed by atoms with Gasteiger partial charge in [-0.2, -0.15) is 0 Å². The van der Waals surface area contributed by atoms with Gasteiger partial charge in [-0.05, 0) is 43.1 Å². The number of pyridine rings is 2. The first kappa shape index (κ1) is 9.09. The Morgan fingerprint density at radius 2 is 2.07 bits per heavy atom. The summed E-state index contributed by atoms with van der Waals surface area (Å²) in [5.41, 5.74) is 8.68. The van der Waals surface area contributed by atoms with E-state index in [-0.39, 0.29) is 0 Å². The highest BCUT2D eigenvalue weighted by atomic mass is 14.7. The van der Waals surface area contributed by atoms with E-state index in [2.05, 4.69) is 9.97 Å². The van der Waals surface area contributed by atoms with Gasteiger partial charge in [0.25, 0.3) is 0 Å². The molecule has 0 bridgehead atoms. The van der Waals surface area contributed by atoms with Crippen molar-refractivity contribution in [3.8, 4) is 0 Å². The van der Waals surface area contributed by atoms with Gasteiger partial charge in [0.05, 0.1) is 11.0 Å². The lowest BCUT2D eigenvalue weighted by Gasteiger charge is -2.03. The Balaban J connectivity index is 2.43. The number of hydrogen-bond acceptors (Lipinski definition) is 3. The molecule has 0 atom stereocenters. The van der Waals surface area contributed by atoms with Crippen molar-refractivity contribution in [3.63, 3.8) is 0 Å². The zero-order chi connectivity index (χ0) is 9.80. The smallest absolute Gasteiger partial charge is 0.0918 e. The monoisotopic (exact) mass is 187 g/mol. The maximum Gasteiger partial charge on any atom is 0.0918 e. The van der Waals surface area contributed by atoms with Crippen LogP contribution in [0, 0.1) is 0 Å². The molecule has 0 unspecified atom stereocenters. The van der Waals surface area contributed by atoms with Crippen LogP contribution in [0.3, 0.4) is 0 Å². The maximum atomic E-state index is 5.48. The third-order valence-electron chi connectivity index (χ3n) is 2.23. The molecule has 0 fully saturated rings. The fourth-order valence-corrected chi connectivity index (χ4v) is 1.53. The Morgan fingerprint density at radius 3 is 2.93 bits per heavy atom. The van der Waals surface area contributed by atoms with Crippen LogP contribution < -0.4 is 5.73 Å². The first-order chi connectivity index (χ1) is 6.92. The molecule has 2 aromatic rings. The molecular weight excluding hydrogens is 174 g/mol. The van der Waals surface area contributed by atoms with Gasteiger partial charge in [-0.3, -0.25) is 9.97 Å². The van der Waals surface area contributed by atoms with Crippen LogP contribution >= 0.6 is 0 Å². The third kappa shape index (κ3) is 1.72. The molecule has 0 aliphatic heterocycles. The summed E-state index contributed by atoms with van der Waals surface area (Å²) >= 11 is 0. The Hall–Kier alpha value is -1.48. The van der Waals surface area contributed by atoms with E-state index in [1.807, 2.05) is 24.4 Å². The summed E-state index contributed by atoms with van der Waals surface area (Å²) < 4.78 is 0. The molecule has 14 heavy (non-hydrogen) atoms. The molecule has 2 aromatic heterocycles. The van der Waals surface area contributed by atoms with Crippen molar-refractivity contribution < 1.29 is 0 Å². The predicted octanol–water partition coefficient (Wildman–Crippen LogP) is 1.52. The van der Waals surface area contributed by atoms with E-state index < -0.39 is 0 Å². The van der Waals surface area contributed by atoms with Gasteiger partial charge in [-0.1, -0.05) is 0 Å². The number of aromatic nitrogens is 2. The first-order valence-corrected chi connectivity index (χ1v) is 4.80. The molecule has 0 aliphatic rings. The second-order valence-electron chi connectivity index (χ2n) is 3.23. The van der Waals surface area contributed by atoms with E-state index in [1.54, 1.807) is 6.20 Å². The highest BCUT2D eigenvalue weighted by Gasteiger charge is 2.01. The van der Waals surface area contributed by atoms with Crippen LogP contribution in [0.15, 0.2) is 30.6 Å². The van der Waals surface area contributed by atoms with Crippen molar-refractivity contribution in [1.29, 1.82) is 0 Å². The molecular formula is C11H13N3. The highest BCUT2D eigenvalue weighted by Crippen LogP contribution is 2.14. The van der Waals surface area contributed by atoms with Gasteiger partial charge < -0.3 is 5.73 Å². The average molecular weight is 187 g/mol. The number of fused-ring (bicyclic) bond motifs is 1. The molecule has 0 amide bonds. The van der Waals surface area contributed by atoms with Gasteiger partial charge in [0.2, 0.25) is 0 Å². The van der Waals surface area contributed by atoms with Crippen molar-refractivity contribution in [3.05, 3.63) is 36.2 Å². The molecule has 2 N–H and O–H groups in total. The fourth-order valence-electron chi connectivity index (χ4n) is 1.53. The SMILES string of the molecule is NCCCc1ccnc2cccnc12. The molecule has 2 rings (SSSR count). The van der Waals surface area contributed by atoms with E-state index in [9.17, 15) is 0 Å². The Bertz CT molecular complexity index is 420. The second-order valence-corrected chi connectivity index (χ2v) is 3.23. The molecule has 72 valence electrons. The number of rotatable bonds is 3. The Morgan fingerprint density at radius 1 is 1.14 bits per heavy atom. The fraction of sp³-hybridized carbons (Fsp3) is 0.273. The van der Waals surface area contributed by atoms with Gasteiger partial charge in [0.15, 0.2) is 0 Å². The van der Waals surface area contributed by atoms with Crippen molar-refractivity contribution >= 4 is 11.0 Å². The van der Waals surface area contributed by atoms with Gasteiger partial charge in [0, 0.05) is 12.4 Å². The van der Waals surface area contributed by atoms with E-state index >= 15 is 0 Å². The Kier molecular flexibility index (Phi) is 2.70. The van der Waals surface area contributed by atoms with Crippen molar-refractivity contribution in [2.24, 2.45) is 5.73 Å². The lowest BCUT2D eigenvalue weighted by molar-refractivity contribution is 0.834. The van der Waals surface area contributed by atoms with Gasteiger partial charge in [-0.15, -0.1) is 0 Å². The number of hydrogen-bond donors (Lipinski definition) is 1. The van der Waals surface area contributed by atoms with E-state index in [0.717, 1.165) is 30.4 Å². The normalized spacial score (nSPS) is 10.6. The molecule has 3 heteroatoms. The number of nitrogens with zero attached hydrogens (tertiary/aromatic N) is 2. The topological polar surface area (TPSA) is 51.8 Å². The lowest BCUT2D eigenvalue weighted by atomic mass is 10.1. The van der Waals surface area contributed by atoms with Crippen LogP contribution in [0.4, 0.5) is 0 Å². The van der Waals surface area contributed by atoms with Gasteiger partial charge in [0.1, 0.15) is 0 Å². The van der Waals surface area contributed by atoms with Crippen LogP contribution in [0.2, 0.25) is 0 Å². The summed E-state index contributed by atoms with van der Waals surface area (Å²) in [6.45, 7) is 0.719. The Labute approximate surface area is 83.0 Å². The summed E-state index contributed by atoms with van der Waals surface area (Å²) in [4.78, 5) is 8.59. The molecule has 2 heterocycles. The minimum absolute atomic E-state index is 0.719. The van der Waals surface area contributed by atoms with Crippen molar-refractivity contribution in [2.75, 3.05) is 6.54 Å². The van der Waals surface area contributed by atoms with E-state index in [1.165, 1.54) is 5.56 Å². The van der Waals surface area contributed by atoms with Gasteiger partial charge >= 0.3 is 0 Å². The first-order valence-electron chi connectivity index (χ1n) is 4.80. The summed E-state index contributed by atoms with van der Waals surface area (Å²) in [5, 5.41) is 0. The largest absolute Gasteiger partial charge is 0.330 e. The third-order valence-corrected chi connectivity index (χ3v) is 2.23. The van der Waals surface area contributed by atoms with Crippen LogP contribution in [0.1, 0.15) is 12.0 Å². The predicted molar refractivity (Wildman–Crippen MR) is 56.9 cm³/mol. The minimum Gasteiger partial charge on any atom is -0.330 e. The summed E-state index contributed by atoms with van der Waals surface area (Å²) in [6, 6.07) is 5.90. The second kappa shape index (κ2) is 4.15. The van der Waals surface area contributed by atoms with E-state index in [4.69, 9.17) is 5.73 Å². The lowest BCUT2D eigenvalue weighted by Crippen LogP contribution is -2.01. The molecule has 0 saturated heterocycles. The molecule has 0 aromatic carbocycles. The molecule has 0 spiro atoms. The standard InChI is InChI=1S/C11H13N3/c12-6-1-3-9-5-8-13-10-4-2-7-14-11(9)10/h2,4-5,7-8H,1,3,6,12H2. The van der Waals surface area contributed by atoms with Crippen LogP contribution in [0.5, 0.6) is 0 Å². The number of aryl methyl sites for hydroxylation is 1. The molecule has 3 nitrogen and oxygen atoms in total. The van der Waals surface area contributed by atoms with Crippen molar-refractivity contribution in [1.82, 2.24) is 9.97 Å². The summed E-state index contributed by atoms with van der Waals surface area (Å²) in [6.07, 6.45) is 5.61. The van der Waals surface area contributed by atoms with Crippen LogP contribution in [-0.2, 0) is 6.42 Å².